The molecule has 0 radical (unpaired) electrons. The summed E-state index contributed by atoms with van der Waals surface area (Å²) in [5.41, 5.74) is 1.29. The number of hydrogen-bond acceptors (Lipinski definition) is 5. The fourth-order valence-corrected chi connectivity index (χ4v) is 3.64. The lowest BCUT2D eigenvalue weighted by Crippen LogP contribution is -2.30. The molecule has 2 aliphatic rings. The van der Waals surface area contributed by atoms with Gasteiger partial charge in [0.1, 0.15) is 18.2 Å². The van der Waals surface area contributed by atoms with E-state index in [0.29, 0.717) is 17.9 Å². The van der Waals surface area contributed by atoms with Crippen LogP contribution in [0.3, 0.4) is 0 Å². The van der Waals surface area contributed by atoms with Gasteiger partial charge in [-0.15, -0.1) is 0 Å². The first kappa shape index (κ1) is 18.7. The van der Waals surface area contributed by atoms with Crippen LogP contribution in [0.2, 0.25) is 0 Å². The molecular weight excluding hydrogens is 354 g/mol. The highest BCUT2D eigenvalue weighted by Gasteiger charge is 2.16. The van der Waals surface area contributed by atoms with Gasteiger partial charge in [-0.2, -0.15) is 0 Å². The summed E-state index contributed by atoms with van der Waals surface area (Å²) in [7, 11) is 0. The molecule has 6 nitrogen and oxygen atoms in total. The maximum Gasteiger partial charge on any atom is 0.255 e. The maximum absolute atomic E-state index is 12.5. The number of nitrogens with one attached hydrogen (secondary N) is 1. The van der Waals surface area contributed by atoms with Crippen LogP contribution in [0.4, 0.5) is 11.5 Å². The van der Waals surface area contributed by atoms with Gasteiger partial charge in [0, 0.05) is 25.3 Å². The smallest absolute Gasteiger partial charge is 0.255 e. The van der Waals surface area contributed by atoms with E-state index in [0.717, 1.165) is 44.1 Å². The number of rotatable bonds is 6. The highest BCUT2D eigenvalue weighted by atomic mass is 16.5. The standard InChI is InChI=1S/C22H27N3O3/c26-22(17-6-9-19(10-7-17)28-16-20-5-4-14-27-20)24-18-8-11-21(23-15-18)25-12-2-1-3-13-25/h6-11,15,20H,1-5,12-14,16H2,(H,24,26). The van der Waals surface area contributed by atoms with Gasteiger partial charge in [-0.05, 0) is 68.5 Å². The third-order valence-corrected chi connectivity index (χ3v) is 5.26. The third kappa shape index (κ3) is 4.81. The summed E-state index contributed by atoms with van der Waals surface area (Å²) in [6, 6.07) is 11.1. The average molecular weight is 381 g/mol. The number of carbonyl (C=O) groups is 1. The van der Waals surface area contributed by atoms with Crippen LogP contribution in [0.25, 0.3) is 0 Å². The van der Waals surface area contributed by atoms with Gasteiger partial charge in [-0.1, -0.05) is 0 Å². The van der Waals surface area contributed by atoms with Crippen LogP contribution in [-0.4, -0.2) is 43.3 Å². The van der Waals surface area contributed by atoms with Gasteiger partial charge in [-0.3, -0.25) is 4.79 Å². The van der Waals surface area contributed by atoms with Gasteiger partial charge >= 0.3 is 0 Å². The molecule has 1 aromatic heterocycles. The van der Waals surface area contributed by atoms with Crippen LogP contribution >= 0.6 is 0 Å². The molecular formula is C22H27N3O3. The third-order valence-electron chi connectivity index (χ3n) is 5.26. The Morgan fingerprint density at radius 1 is 1.11 bits per heavy atom. The molecule has 0 aliphatic carbocycles. The van der Waals surface area contributed by atoms with E-state index in [1.165, 1.54) is 19.3 Å². The van der Waals surface area contributed by atoms with Gasteiger partial charge in [-0.25, -0.2) is 4.98 Å². The van der Waals surface area contributed by atoms with E-state index in [4.69, 9.17) is 9.47 Å². The Morgan fingerprint density at radius 2 is 1.93 bits per heavy atom. The highest BCUT2D eigenvalue weighted by molar-refractivity contribution is 6.04. The van der Waals surface area contributed by atoms with Crippen molar-refractivity contribution in [3.05, 3.63) is 48.2 Å². The lowest BCUT2D eigenvalue weighted by molar-refractivity contribution is 0.0679. The van der Waals surface area contributed by atoms with Gasteiger partial charge in [0.15, 0.2) is 0 Å². The van der Waals surface area contributed by atoms with Crippen molar-refractivity contribution < 1.29 is 14.3 Å². The second-order valence-electron chi connectivity index (χ2n) is 7.38. The molecule has 3 heterocycles. The molecule has 1 atom stereocenters. The van der Waals surface area contributed by atoms with E-state index in [2.05, 4.69) is 15.2 Å². The summed E-state index contributed by atoms with van der Waals surface area (Å²) in [4.78, 5) is 19.3. The minimum Gasteiger partial charge on any atom is -0.491 e. The molecule has 4 rings (SSSR count). The summed E-state index contributed by atoms with van der Waals surface area (Å²) >= 11 is 0. The largest absolute Gasteiger partial charge is 0.491 e. The highest BCUT2D eigenvalue weighted by Crippen LogP contribution is 2.20. The summed E-state index contributed by atoms with van der Waals surface area (Å²) in [6.45, 7) is 3.49. The van der Waals surface area contributed by atoms with E-state index in [-0.39, 0.29) is 12.0 Å². The number of hydrogen-bond donors (Lipinski definition) is 1. The van der Waals surface area contributed by atoms with E-state index in [1.807, 2.05) is 24.3 Å². The number of amides is 1. The molecule has 2 aromatic rings. The van der Waals surface area contributed by atoms with E-state index in [9.17, 15) is 4.79 Å². The second-order valence-corrected chi connectivity index (χ2v) is 7.38. The molecule has 2 aliphatic heterocycles. The van der Waals surface area contributed by atoms with Crippen molar-refractivity contribution in [3.63, 3.8) is 0 Å². The molecule has 2 fully saturated rings. The van der Waals surface area contributed by atoms with Crippen LogP contribution in [-0.2, 0) is 4.74 Å². The van der Waals surface area contributed by atoms with Crippen molar-refractivity contribution >= 4 is 17.4 Å². The number of benzene rings is 1. The van der Waals surface area contributed by atoms with Crippen molar-refractivity contribution in [2.75, 3.05) is 36.5 Å². The summed E-state index contributed by atoms with van der Waals surface area (Å²) in [6.07, 6.45) is 7.78. The monoisotopic (exact) mass is 381 g/mol. The Balaban J connectivity index is 1.30. The molecule has 1 amide bonds. The minimum absolute atomic E-state index is 0.154. The lowest BCUT2D eigenvalue weighted by Gasteiger charge is -2.27. The van der Waals surface area contributed by atoms with Crippen LogP contribution in [0.1, 0.15) is 42.5 Å². The number of pyridine rings is 1. The number of piperidine rings is 1. The van der Waals surface area contributed by atoms with Crippen molar-refractivity contribution in [2.45, 2.75) is 38.2 Å². The number of carbonyl (C=O) groups excluding carboxylic acids is 1. The number of ether oxygens (including phenoxy) is 2. The predicted octanol–water partition coefficient (Wildman–Crippen LogP) is 3.88. The molecule has 1 unspecified atom stereocenters. The van der Waals surface area contributed by atoms with Crippen molar-refractivity contribution in [1.82, 2.24) is 4.98 Å². The first-order valence-corrected chi connectivity index (χ1v) is 10.1. The first-order valence-electron chi connectivity index (χ1n) is 10.1. The molecule has 28 heavy (non-hydrogen) atoms. The van der Waals surface area contributed by atoms with E-state index < -0.39 is 0 Å². The number of nitrogens with zero attached hydrogens (tertiary/aromatic N) is 2. The topological polar surface area (TPSA) is 63.7 Å². The van der Waals surface area contributed by atoms with Crippen LogP contribution in [0.15, 0.2) is 42.6 Å². The Kier molecular flexibility index (Phi) is 6.07. The molecule has 0 bridgehead atoms. The zero-order valence-corrected chi connectivity index (χ0v) is 16.1. The fraction of sp³-hybridized carbons (Fsp3) is 0.455. The first-order chi connectivity index (χ1) is 13.8. The van der Waals surface area contributed by atoms with Crippen LogP contribution < -0.4 is 15.0 Å². The van der Waals surface area contributed by atoms with Crippen molar-refractivity contribution in [2.24, 2.45) is 0 Å². The number of aromatic nitrogens is 1. The molecule has 2 saturated heterocycles. The van der Waals surface area contributed by atoms with Crippen LogP contribution in [0, 0.1) is 0 Å². The van der Waals surface area contributed by atoms with Gasteiger partial charge in [0.2, 0.25) is 0 Å². The Labute approximate surface area is 165 Å². The summed E-state index contributed by atoms with van der Waals surface area (Å²) < 4.78 is 11.3. The van der Waals surface area contributed by atoms with E-state index in [1.54, 1.807) is 18.3 Å². The molecule has 1 N–H and O–H groups in total. The molecule has 0 spiro atoms. The Morgan fingerprint density at radius 3 is 2.61 bits per heavy atom. The van der Waals surface area contributed by atoms with Crippen LogP contribution in [0.5, 0.6) is 5.75 Å². The second kappa shape index (κ2) is 9.06. The van der Waals surface area contributed by atoms with Gasteiger partial charge in [0.25, 0.3) is 5.91 Å². The number of anilines is 2. The van der Waals surface area contributed by atoms with Crippen molar-refractivity contribution in [3.8, 4) is 5.75 Å². The van der Waals surface area contributed by atoms with Crippen molar-refractivity contribution in [1.29, 1.82) is 0 Å². The van der Waals surface area contributed by atoms with E-state index >= 15 is 0 Å². The molecule has 148 valence electrons. The zero-order chi connectivity index (χ0) is 19.2. The Bertz CT molecular complexity index is 765. The summed E-state index contributed by atoms with van der Waals surface area (Å²) in [5.74, 6) is 1.57. The molecule has 0 saturated carbocycles. The molecule has 1 aromatic carbocycles. The normalized spacial score (nSPS) is 19.4. The zero-order valence-electron chi connectivity index (χ0n) is 16.1. The maximum atomic E-state index is 12.5. The average Bonchev–Trinajstić information content (AvgIpc) is 3.27. The van der Waals surface area contributed by atoms with Gasteiger partial charge in [0.05, 0.1) is 18.0 Å². The SMILES string of the molecule is O=C(Nc1ccc(N2CCCCC2)nc1)c1ccc(OCC2CCCO2)cc1. The predicted molar refractivity (Wildman–Crippen MR) is 109 cm³/mol. The fourth-order valence-electron chi connectivity index (χ4n) is 3.64. The molecule has 6 heteroatoms. The summed E-state index contributed by atoms with van der Waals surface area (Å²) in [5, 5.41) is 2.90. The minimum atomic E-state index is -0.154. The lowest BCUT2D eigenvalue weighted by atomic mass is 10.1. The Hall–Kier alpha value is -2.60. The quantitative estimate of drug-likeness (QED) is 0.823. The van der Waals surface area contributed by atoms with Gasteiger partial charge < -0.3 is 19.7 Å².